The first-order valence-corrected chi connectivity index (χ1v) is 8.07. The van der Waals surface area contributed by atoms with Gasteiger partial charge in [0, 0.05) is 37.5 Å². The highest BCUT2D eigenvalue weighted by Gasteiger charge is 2.34. The van der Waals surface area contributed by atoms with E-state index in [2.05, 4.69) is 0 Å². The molecule has 24 heavy (non-hydrogen) atoms. The van der Waals surface area contributed by atoms with Gasteiger partial charge in [0.25, 0.3) is 5.69 Å². The maximum absolute atomic E-state index is 14.5. The number of halogens is 1. The third-order valence-corrected chi connectivity index (χ3v) is 4.29. The van der Waals surface area contributed by atoms with Crippen LogP contribution in [0, 0.1) is 10.1 Å². The van der Waals surface area contributed by atoms with Crippen molar-refractivity contribution in [3.8, 4) is 0 Å². The van der Waals surface area contributed by atoms with Crippen LogP contribution >= 0.6 is 0 Å². The fourth-order valence-electron chi connectivity index (χ4n) is 3.05. The van der Waals surface area contributed by atoms with Crippen LogP contribution in [0.5, 0.6) is 0 Å². The fourth-order valence-corrected chi connectivity index (χ4v) is 3.05. The number of amides is 1. The fraction of sp³-hybridized carbons (Fsp3) is 0.562. The molecule has 2 rings (SSSR count). The van der Waals surface area contributed by atoms with Gasteiger partial charge in [-0.3, -0.25) is 10.1 Å². The Kier molecular flexibility index (Phi) is 5.94. The van der Waals surface area contributed by atoms with E-state index in [0.717, 1.165) is 5.69 Å². The standard InChI is InChI=1S/C16H22FN3O4/c1-2-4-14(17)15-11-18(9-3-10-19(15)16(21)22)12-5-7-13(8-6-12)20(23)24/h5-8,14-15H,2-4,9-11H2,1H3,(H,21,22). The van der Waals surface area contributed by atoms with Crippen LogP contribution in [-0.2, 0) is 0 Å². The Hall–Kier alpha value is -2.38. The Morgan fingerprint density at radius 1 is 1.42 bits per heavy atom. The van der Waals surface area contributed by atoms with E-state index < -0.39 is 23.2 Å². The molecule has 0 saturated carbocycles. The number of carbonyl (C=O) groups is 1. The van der Waals surface area contributed by atoms with Crippen LogP contribution in [0.3, 0.4) is 0 Å². The van der Waals surface area contributed by atoms with E-state index in [4.69, 9.17) is 0 Å². The number of non-ortho nitro benzene ring substituents is 1. The number of benzene rings is 1. The lowest BCUT2D eigenvalue weighted by Gasteiger charge is -2.32. The topological polar surface area (TPSA) is 86.9 Å². The zero-order valence-electron chi connectivity index (χ0n) is 13.6. The molecule has 1 aromatic rings. The van der Waals surface area contributed by atoms with Crippen molar-refractivity contribution in [2.75, 3.05) is 24.5 Å². The van der Waals surface area contributed by atoms with E-state index in [0.29, 0.717) is 25.8 Å². The van der Waals surface area contributed by atoms with Crippen molar-refractivity contribution in [2.45, 2.75) is 38.4 Å². The summed E-state index contributed by atoms with van der Waals surface area (Å²) in [6.45, 7) is 2.97. The van der Waals surface area contributed by atoms with Crippen LogP contribution in [0.2, 0.25) is 0 Å². The second-order valence-electron chi connectivity index (χ2n) is 5.92. The molecular formula is C16H22FN3O4. The molecule has 1 fully saturated rings. The quantitative estimate of drug-likeness (QED) is 0.657. The van der Waals surface area contributed by atoms with Crippen molar-refractivity contribution >= 4 is 17.5 Å². The largest absolute Gasteiger partial charge is 0.465 e. The smallest absolute Gasteiger partial charge is 0.407 e. The average Bonchev–Trinajstić information content (AvgIpc) is 2.78. The number of nitro groups is 1. The first-order valence-electron chi connectivity index (χ1n) is 8.07. The molecule has 7 nitrogen and oxygen atoms in total. The van der Waals surface area contributed by atoms with Crippen LogP contribution in [-0.4, -0.2) is 52.9 Å². The van der Waals surface area contributed by atoms with E-state index in [1.807, 2.05) is 11.8 Å². The Morgan fingerprint density at radius 3 is 2.62 bits per heavy atom. The number of alkyl halides is 1. The van der Waals surface area contributed by atoms with Gasteiger partial charge in [-0.05, 0) is 25.0 Å². The maximum atomic E-state index is 14.5. The Bertz CT molecular complexity index is 581. The number of nitrogens with zero attached hydrogens (tertiary/aromatic N) is 3. The molecule has 0 spiro atoms. The van der Waals surface area contributed by atoms with Gasteiger partial charge in [-0.1, -0.05) is 13.3 Å². The normalized spacial score (nSPS) is 19.7. The summed E-state index contributed by atoms with van der Waals surface area (Å²) in [7, 11) is 0. The summed E-state index contributed by atoms with van der Waals surface area (Å²) in [6.07, 6.45) is -0.807. The molecule has 0 aromatic heterocycles. The van der Waals surface area contributed by atoms with Crippen molar-refractivity contribution in [3.63, 3.8) is 0 Å². The summed E-state index contributed by atoms with van der Waals surface area (Å²) in [5, 5.41) is 20.1. The zero-order chi connectivity index (χ0) is 17.7. The molecule has 0 radical (unpaired) electrons. The van der Waals surface area contributed by atoms with Gasteiger partial charge in [-0.2, -0.15) is 0 Å². The van der Waals surface area contributed by atoms with Gasteiger partial charge < -0.3 is 14.9 Å². The summed E-state index contributed by atoms with van der Waals surface area (Å²) in [4.78, 5) is 24.8. The summed E-state index contributed by atoms with van der Waals surface area (Å²) < 4.78 is 14.5. The van der Waals surface area contributed by atoms with Gasteiger partial charge >= 0.3 is 6.09 Å². The summed E-state index contributed by atoms with van der Waals surface area (Å²) >= 11 is 0. The molecule has 1 amide bonds. The molecule has 0 bridgehead atoms. The third kappa shape index (κ3) is 4.12. The third-order valence-electron chi connectivity index (χ3n) is 4.29. The van der Waals surface area contributed by atoms with Crippen LogP contribution in [0.25, 0.3) is 0 Å². The highest BCUT2D eigenvalue weighted by Crippen LogP contribution is 2.25. The van der Waals surface area contributed by atoms with Crippen LogP contribution in [0.4, 0.5) is 20.6 Å². The van der Waals surface area contributed by atoms with Crippen molar-refractivity contribution in [1.29, 1.82) is 0 Å². The number of rotatable bonds is 5. The molecule has 2 unspecified atom stereocenters. The van der Waals surface area contributed by atoms with Gasteiger partial charge in [0.2, 0.25) is 0 Å². The van der Waals surface area contributed by atoms with E-state index in [9.17, 15) is 24.4 Å². The van der Waals surface area contributed by atoms with Gasteiger partial charge in [0.05, 0.1) is 11.0 Å². The lowest BCUT2D eigenvalue weighted by atomic mass is 10.1. The van der Waals surface area contributed by atoms with Gasteiger partial charge in [0.1, 0.15) is 6.17 Å². The summed E-state index contributed by atoms with van der Waals surface area (Å²) in [5.41, 5.74) is 0.730. The first-order chi connectivity index (χ1) is 11.4. The number of anilines is 1. The molecule has 0 aliphatic carbocycles. The minimum absolute atomic E-state index is 0.00774. The SMILES string of the molecule is CCCC(F)C1CN(c2ccc([N+](=O)[O-])cc2)CCCN1C(=O)O. The van der Waals surface area contributed by atoms with Crippen LogP contribution in [0.1, 0.15) is 26.2 Å². The lowest BCUT2D eigenvalue weighted by Crippen LogP contribution is -2.49. The number of hydrogen-bond acceptors (Lipinski definition) is 4. The van der Waals surface area contributed by atoms with E-state index in [-0.39, 0.29) is 18.8 Å². The van der Waals surface area contributed by atoms with Crippen molar-refractivity contribution in [3.05, 3.63) is 34.4 Å². The van der Waals surface area contributed by atoms with E-state index >= 15 is 0 Å². The van der Waals surface area contributed by atoms with Gasteiger partial charge in [-0.25, -0.2) is 9.18 Å². The predicted molar refractivity (Wildman–Crippen MR) is 88.2 cm³/mol. The number of hydrogen-bond donors (Lipinski definition) is 1. The van der Waals surface area contributed by atoms with Crippen molar-refractivity contribution in [2.24, 2.45) is 0 Å². The van der Waals surface area contributed by atoms with Crippen LogP contribution in [0.15, 0.2) is 24.3 Å². The van der Waals surface area contributed by atoms with Crippen molar-refractivity contribution < 1.29 is 19.2 Å². The second-order valence-corrected chi connectivity index (χ2v) is 5.92. The molecule has 1 aliphatic heterocycles. The Balaban J connectivity index is 2.21. The molecule has 132 valence electrons. The highest BCUT2D eigenvalue weighted by atomic mass is 19.1. The first kappa shape index (κ1) is 18.0. The molecule has 1 N–H and O–H groups in total. The summed E-state index contributed by atoms with van der Waals surface area (Å²) in [5.74, 6) is 0. The van der Waals surface area contributed by atoms with E-state index in [1.165, 1.54) is 17.0 Å². The molecule has 2 atom stereocenters. The monoisotopic (exact) mass is 339 g/mol. The van der Waals surface area contributed by atoms with Gasteiger partial charge in [0.15, 0.2) is 0 Å². The molecular weight excluding hydrogens is 317 g/mol. The Morgan fingerprint density at radius 2 is 2.08 bits per heavy atom. The lowest BCUT2D eigenvalue weighted by molar-refractivity contribution is -0.384. The van der Waals surface area contributed by atoms with Crippen molar-refractivity contribution in [1.82, 2.24) is 4.90 Å². The molecule has 1 aromatic carbocycles. The second kappa shape index (κ2) is 7.94. The molecule has 8 heteroatoms. The molecule has 1 aliphatic rings. The van der Waals surface area contributed by atoms with Gasteiger partial charge in [-0.15, -0.1) is 0 Å². The Labute approximate surface area is 139 Å². The number of nitro benzene ring substituents is 1. The highest BCUT2D eigenvalue weighted by molar-refractivity contribution is 5.66. The van der Waals surface area contributed by atoms with Crippen LogP contribution < -0.4 is 4.90 Å². The molecule has 1 saturated heterocycles. The zero-order valence-corrected chi connectivity index (χ0v) is 13.6. The number of carboxylic acid groups (broad SMARTS) is 1. The summed E-state index contributed by atoms with van der Waals surface area (Å²) in [6, 6.07) is 5.32. The minimum atomic E-state index is -1.23. The predicted octanol–water partition coefficient (Wildman–Crippen LogP) is 3.29. The maximum Gasteiger partial charge on any atom is 0.407 e. The molecule has 1 heterocycles. The van der Waals surface area contributed by atoms with E-state index in [1.54, 1.807) is 12.1 Å². The minimum Gasteiger partial charge on any atom is -0.465 e. The average molecular weight is 339 g/mol.